The standard InChI is InChI=1S/C19H17BrN2O2S/c1-12-6-7-16(13(2)8-12)22-18(23)11-25-19-21-10-17(24-19)14-4-3-5-15(20)9-14/h3-10H,11H2,1-2H3,(H,22,23). The van der Waals surface area contributed by atoms with E-state index >= 15 is 0 Å². The monoisotopic (exact) mass is 416 g/mol. The van der Waals surface area contributed by atoms with Crippen LogP contribution in [-0.2, 0) is 4.79 Å². The number of oxazole rings is 1. The molecule has 1 amide bonds. The van der Waals surface area contributed by atoms with Gasteiger partial charge in [0.25, 0.3) is 5.22 Å². The molecule has 4 nitrogen and oxygen atoms in total. The Morgan fingerprint density at radius 3 is 2.84 bits per heavy atom. The molecule has 1 N–H and O–H groups in total. The van der Waals surface area contributed by atoms with Crippen LogP contribution in [0.1, 0.15) is 11.1 Å². The number of nitrogens with zero attached hydrogens (tertiary/aromatic N) is 1. The first-order valence-electron chi connectivity index (χ1n) is 7.73. The molecule has 0 aliphatic carbocycles. The topological polar surface area (TPSA) is 55.1 Å². The number of carbonyl (C=O) groups is 1. The Hall–Kier alpha value is -2.05. The van der Waals surface area contributed by atoms with Gasteiger partial charge in [0.15, 0.2) is 5.76 Å². The molecule has 3 aromatic rings. The van der Waals surface area contributed by atoms with Crippen LogP contribution < -0.4 is 5.32 Å². The van der Waals surface area contributed by atoms with E-state index in [0.717, 1.165) is 21.3 Å². The molecule has 1 aromatic heterocycles. The van der Waals surface area contributed by atoms with Crippen LogP contribution in [-0.4, -0.2) is 16.6 Å². The second-order valence-electron chi connectivity index (χ2n) is 5.66. The van der Waals surface area contributed by atoms with E-state index in [-0.39, 0.29) is 11.7 Å². The first-order valence-corrected chi connectivity index (χ1v) is 9.51. The molecule has 0 unspecified atom stereocenters. The lowest BCUT2D eigenvalue weighted by Crippen LogP contribution is -2.14. The molecule has 3 rings (SSSR count). The van der Waals surface area contributed by atoms with Crippen molar-refractivity contribution in [3.05, 3.63) is 64.3 Å². The number of halogens is 1. The maximum atomic E-state index is 12.1. The second-order valence-corrected chi connectivity index (χ2v) is 7.50. The summed E-state index contributed by atoms with van der Waals surface area (Å²) in [5.41, 5.74) is 3.99. The van der Waals surface area contributed by atoms with Gasteiger partial charge in [-0.2, -0.15) is 0 Å². The average Bonchev–Trinajstić information content (AvgIpc) is 3.05. The molecule has 0 fully saturated rings. The predicted molar refractivity (Wildman–Crippen MR) is 105 cm³/mol. The van der Waals surface area contributed by atoms with Crippen molar-refractivity contribution in [2.24, 2.45) is 0 Å². The maximum absolute atomic E-state index is 12.1. The molecule has 0 radical (unpaired) electrons. The quantitative estimate of drug-likeness (QED) is 0.561. The van der Waals surface area contributed by atoms with Gasteiger partial charge in [-0.25, -0.2) is 4.98 Å². The molecule has 0 aliphatic rings. The zero-order valence-electron chi connectivity index (χ0n) is 13.9. The van der Waals surface area contributed by atoms with Crippen molar-refractivity contribution in [2.45, 2.75) is 19.1 Å². The van der Waals surface area contributed by atoms with Crippen molar-refractivity contribution in [1.82, 2.24) is 4.98 Å². The molecule has 0 saturated heterocycles. The van der Waals surface area contributed by atoms with Crippen molar-refractivity contribution in [2.75, 3.05) is 11.1 Å². The van der Waals surface area contributed by atoms with E-state index in [0.29, 0.717) is 11.0 Å². The average molecular weight is 417 g/mol. The van der Waals surface area contributed by atoms with Gasteiger partial charge in [-0.15, -0.1) is 0 Å². The van der Waals surface area contributed by atoms with Crippen LogP contribution in [0.2, 0.25) is 0 Å². The summed E-state index contributed by atoms with van der Waals surface area (Å²) < 4.78 is 6.69. The van der Waals surface area contributed by atoms with E-state index < -0.39 is 0 Å². The molecule has 0 atom stereocenters. The first-order chi connectivity index (χ1) is 12.0. The molecule has 2 aromatic carbocycles. The van der Waals surface area contributed by atoms with Gasteiger partial charge in [-0.05, 0) is 37.6 Å². The Balaban J connectivity index is 1.59. The molecule has 0 saturated carbocycles. The lowest BCUT2D eigenvalue weighted by molar-refractivity contribution is -0.113. The third-order valence-corrected chi connectivity index (χ3v) is 4.91. The third-order valence-electron chi connectivity index (χ3n) is 3.58. The zero-order valence-corrected chi connectivity index (χ0v) is 16.3. The Bertz CT molecular complexity index is 908. The number of aryl methyl sites for hydroxylation is 2. The molecular weight excluding hydrogens is 400 g/mol. The van der Waals surface area contributed by atoms with E-state index in [2.05, 4.69) is 26.2 Å². The summed E-state index contributed by atoms with van der Waals surface area (Å²) in [4.78, 5) is 16.4. The van der Waals surface area contributed by atoms with Crippen LogP contribution in [0.25, 0.3) is 11.3 Å². The van der Waals surface area contributed by atoms with Crippen LogP contribution in [0.15, 0.2) is 62.8 Å². The van der Waals surface area contributed by atoms with E-state index in [9.17, 15) is 4.79 Å². The highest BCUT2D eigenvalue weighted by atomic mass is 79.9. The summed E-state index contributed by atoms with van der Waals surface area (Å²) in [7, 11) is 0. The minimum absolute atomic E-state index is 0.0841. The number of benzene rings is 2. The van der Waals surface area contributed by atoms with Gasteiger partial charge in [0.05, 0.1) is 11.9 Å². The van der Waals surface area contributed by atoms with Crippen LogP contribution in [0.5, 0.6) is 0 Å². The fourth-order valence-corrected chi connectivity index (χ4v) is 3.37. The summed E-state index contributed by atoms with van der Waals surface area (Å²) in [5.74, 6) is 0.837. The van der Waals surface area contributed by atoms with Crippen molar-refractivity contribution in [3.63, 3.8) is 0 Å². The Kier molecular flexibility index (Phi) is 5.60. The lowest BCUT2D eigenvalue weighted by atomic mass is 10.1. The first kappa shape index (κ1) is 17.8. The fraction of sp³-hybridized carbons (Fsp3) is 0.158. The number of anilines is 1. The summed E-state index contributed by atoms with van der Waals surface area (Å²) in [6.07, 6.45) is 1.67. The smallest absolute Gasteiger partial charge is 0.256 e. The lowest BCUT2D eigenvalue weighted by Gasteiger charge is -2.08. The normalized spacial score (nSPS) is 10.7. The SMILES string of the molecule is Cc1ccc(NC(=O)CSc2ncc(-c3cccc(Br)c3)o2)c(C)c1. The van der Waals surface area contributed by atoms with Crippen molar-refractivity contribution >= 4 is 39.3 Å². The van der Waals surface area contributed by atoms with Gasteiger partial charge >= 0.3 is 0 Å². The molecule has 128 valence electrons. The highest BCUT2D eigenvalue weighted by Gasteiger charge is 2.11. The molecule has 25 heavy (non-hydrogen) atoms. The molecule has 0 aliphatic heterocycles. The van der Waals surface area contributed by atoms with E-state index in [1.54, 1.807) is 6.20 Å². The Morgan fingerprint density at radius 1 is 1.24 bits per heavy atom. The highest BCUT2D eigenvalue weighted by molar-refractivity contribution is 9.10. The van der Waals surface area contributed by atoms with Gasteiger partial charge in [0.2, 0.25) is 5.91 Å². The molecular formula is C19H17BrN2O2S. The van der Waals surface area contributed by atoms with Crippen molar-refractivity contribution < 1.29 is 9.21 Å². The summed E-state index contributed by atoms with van der Waals surface area (Å²) in [6, 6.07) is 13.7. The van der Waals surface area contributed by atoms with Crippen molar-refractivity contribution in [3.8, 4) is 11.3 Å². The summed E-state index contributed by atoms with van der Waals surface area (Å²) in [5, 5.41) is 3.40. The van der Waals surface area contributed by atoms with Crippen LogP contribution in [0, 0.1) is 13.8 Å². The minimum atomic E-state index is -0.0841. The number of nitrogens with one attached hydrogen (secondary N) is 1. The molecule has 0 spiro atoms. The minimum Gasteiger partial charge on any atom is -0.431 e. The van der Waals surface area contributed by atoms with Gasteiger partial charge in [-0.3, -0.25) is 4.79 Å². The largest absolute Gasteiger partial charge is 0.431 e. The maximum Gasteiger partial charge on any atom is 0.256 e. The number of thioether (sulfide) groups is 1. The van der Waals surface area contributed by atoms with Crippen molar-refractivity contribution in [1.29, 1.82) is 0 Å². The predicted octanol–water partition coefficient (Wildman–Crippen LogP) is 5.45. The van der Waals surface area contributed by atoms with Crippen LogP contribution >= 0.6 is 27.7 Å². The molecule has 0 bridgehead atoms. The van der Waals surface area contributed by atoms with E-state index in [1.165, 1.54) is 17.3 Å². The number of aromatic nitrogens is 1. The number of rotatable bonds is 5. The summed E-state index contributed by atoms with van der Waals surface area (Å²) in [6.45, 7) is 4.01. The van der Waals surface area contributed by atoms with Gasteiger partial charge in [0.1, 0.15) is 0 Å². The fourth-order valence-electron chi connectivity index (χ4n) is 2.37. The van der Waals surface area contributed by atoms with Gasteiger partial charge < -0.3 is 9.73 Å². The van der Waals surface area contributed by atoms with E-state index in [4.69, 9.17) is 4.42 Å². The Labute approximate surface area is 159 Å². The Morgan fingerprint density at radius 2 is 2.08 bits per heavy atom. The number of hydrogen-bond donors (Lipinski definition) is 1. The summed E-state index contributed by atoms with van der Waals surface area (Å²) >= 11 is 4.71. The number of carbonyl (C=O) groups excluding carboxylic acids is 1. The van der Waals surface area contributed by atoms with E-state index in [1.807, 2.05) is 56.3 Å². The number of hydrogen-bond acceptors (Lipinski definition) is 4. The van der Waals surface area contributed by atoms with Gasteiger partial charge in [0, 0.05) is 15.7 Å². The zero-order chi connectivity index (χ0) is 17.8. The van der Waals surface area contributed by atoms with Crippen LogP contribution in [0.3, 0.4) is 0 Å². The molecule has 6 heteroatoms. The third kappa shape index (κ3) is 4.74. The molecule has 1 heterocycles. The highest BCUT2D eigenvalue weighted by Crippen LogP contribution is 2.27. The number of amides is 1. The second kappa shape index (κ2) is 7.89. The van der Waals surface area contributed by atoms with Gasteiger partial charge in [-0.1, -0.05) is 57.5 Å². The van der Waals surface area contributed by atoms with Crippen LogP contribution in [0.4, 0.5) is 5.69 Å².